The SMILES string of the molecule is O=C(CCN1C(=O)/C(=C\c2ccc(F)cc2)SC1=S)Nc1cc(C(F)(F)F)ccc1Cl. The van der Waals surface area contributed by atoms with Crippen molar-refractivity contribution in [3.63, 3.8) is 0 Å². The highest BCUT2D eigenvalue weighted by Gasteiger charge is 2.33. The predicted octanol–water partition coefficient (Wildman–Crippen LogP) is 5.73. The minimum absolute atomic E-state index is 0.0470. The van der Waals surface area contributed by atoms with E-state index >= 15 is 0 Å². The molecule has 0 atom stereocenters. The fraction of sp³-hybridized carbons (Fsp3) is 0.150. The van der Waals surface area contributed by atoms with Crippen molar-refractivity contribution in [1.82, 2.24) is 4.90 Å². The fourth-order valence-electron chi connectivity index (χ4n) is 2.63. The standard InChI is InChI=1S/C20H13ClF4N2O2S2/c21-14-6-3-12(20(23,24)25)10-15(14)26-17(28)7-8-27-18(29)16(31-19(27)30)9-11-1-4-13(22)5-2-11/h1-6,9-10H,7-8H2,(H,26,28)/b16-9+. The summed E-state index contributed by atoms with van der Waals surface area (Å²) in [6.07, 6.45) is -3.23. The van der Waals surface area contributed by atoms with Gasteiger partial charge in [0.15, 0.2) is 0 Å². The molecule has 0 bridgehead atoms. The number of amides is 2. The number of alkyl halides is 3. The van der Waals surface area contributed by atoms with E-state index in [1.807, 2.05) is 0 Å². The molecule has 1 heterocycles. The molecule has 0 saturated carbocycles. The Morgan fingerprint density at radius 1 is 1.19 bits per heavy atom. The first-order valence-corrected chi connectivity index (χ1v) is 10.3. The van der Waals surface area contributed by atoms with Gasteiger partial charge in [0.05, 0.1) is 21.2 Å². The Morgan fingerprint density at radius 3 is 2.52 bits per heavy atom. The van der Waals surface area contributed by atoms with Crippen LogP contribution in [0.4, 0.5) is 23.2 Å². The van der Waals surface area contributed by atoms with E-state index in [2.05, 4.69) is 5.32 Å². The molecule has 1 saturated heterocycles. The Hall–Kier alpha value is -2.43. The number of halogens is 5. The third-order valence-corrected chi connectivity index (χ3v) is 5.88. The highest BCUT2D eigenvalue weighted by molar-refractivity contribution is 8.26. The molecule has 1 aliphatic heterocycles. The summed E-state index contributed by atoms with van der Waals surface area (Å²) >= 11 is 12.1. The lowest BCUT2D eigenvalue weighted by Gasteiger charge is -2.15. The average Bonchev–Trinajstić information content (AvgIpc) is 2.95. The number of nitrogens with zero attached hydrogens (tertiary/aromatic N) is 1. The van der Waals surface area contributed by atoms with Crippen LogP contribution in [0.3, 0.4) is 0 Å². The molecule has 1 N–H and O–H groups in total. The average molecular weight is 489 g/mol. The molecule has 2 aromatic rings. The minimum Gasteiger partial charge on any atom is -0.325 e. The van der Waals surface area contributed by atoms with Crippen LogP contribution in [0.5, 0.6) is 0 Å². The van der Waals surface area contributed by atoms with Crippen molar-refractivity contribution in [1.29, 1.82) is 0 Å². The summed E-state index contributed by atoms with van der Waals surface area (Å²) in [7, 11) is 0. The van der Waals surface area contributed by atoms with Crippen LogP contribution in [-0.4, -0.2) is 27.6 Å². The summed E-state index contributed by atoms with van der Waals surface area (Å²) in [5.41, 5.74) is -0.517. The van der Waals surface area contributed by atoms with Crippen LogP contribution >= 0.6 is 35.6 Å². The molecule has 0 spiro atoms. The normalized spacial score (nSPS) is 15.6. The maximum absolute atomic E-state index is 13.0. The Labute approximate surface area is 189 Å². The van der Waals surface area contributed by atoms with Gasteiger partial charge in [-0.3, -0.25) is 14.5 Å². The lowest BCUT2D eigenvalue weighted by atomic mass is 10.2. The first-order chi connectivity index (χ1) is 14.5. The van der Waals surface area contributed by atoms with Gasteiger partial charge in [-0.25, -0.2) is 4.39 Å². The number of hydrogen-bond acceptors (Lipinski definition) is 4. The largest absolute Gasteiger partial charge is 0.416 e. The summed E-state index contributed by atoms with van der Waals surface area (Å²) in [5.74, 6) is -1.45. The van der Waals surface area contributed by atoms with Crippen molar-refractivity contribution in [2.45, 2.75) is 12.6 Å². The number of hydrogen-bond donors (Lipinski definition) is 1. The van der Waals surface area contributed by atoms with Gasteiger partial charge < -0.3 is 5.32 Å². The topological polar surface area (TPSA) is 49.4 Å². The molecule has 0 unspecified atom stereocenters. The quantitative estimate of drug-likeness (QED) is 0.332. The van der Waals surface area contributed by atoms with E-state index in [4.69, 9.17) is 23.8 Å². The molecule has 3 rings (SSSR count). The van der Waals surface area contributed by atoms with Crippen molar-refractivity contribution >= 4 is 63.5 Å². The highest BCUT2D eigenvalue weighted by atomic mass is 35.5. The van der Waals surface area contributed by atoms with Crippen LogP contribution in [-0.2, 0) is 15.8 Å². The lowest BCUT2D eigenvalue weighted by Crippen LogP contribution is -2.31. The van der Waals surface area contributed by atoms with Crippen LogP contribution in [0.1, 0.15) is 17.5 Å². The summed E-state index contributed by atoms with van der Waals surface area (Å²) < 4.78 is 51.8. The van der Waals surface area contributed by atoms with Crippen LogP contribution in [0.25, 0.3) is 6.08 Å². The molecule has 11 heteroatoms. The van der Waals surface area contributed by atoms with Crippen molar-refractivity contribution in [2.75, 3.05) is 11.9 Å². The molecule has 2 aromatic carbocycles. The molecular formula is C20H13ClF4N2O2S2. The number of benzene rings is 2. The van der Waals surface area contributed by atoms with Crippen molar-refractivity contribution in [3.05, 3.63) is 69.3 Å². The smallest absolute Gasteiger partial charge is 0.325 e. The zero-order chi connectivity index (χ0) is 22.8. The molecule has 162 valence electrons. The van der Waals surface area contributed by atoms with Gasteiger partial charge in [-0.05, 0) is 42.0 Å². The van der Waals surface area contributed by atoms with E-state index < -0.39 is 29.4 Å². The summed E-state index contributed by atoms with van der Waals surface area (Å²) in [6, 6.07) is 8.13. The Kier molecular flexibility index (Phi) is 7.03. The second kappa shape index (κ2) is 9.37. The van der Waals surface area contributed by atoms with E-state index in [1.165, 1.54) is 29.2 Å². The van der Waals surface area contributed by atoms with E-state index in [0.717, 1.165) is 30.0 Å². The monoisotopic (exact) mass is 488 g/mol. The van der Waals surface area contributed by atoms with Gasteiger partial charge in [0.1, 0.15) is 10.1 Å². The summed E-state index contributed by atoms with van der Waals surface area (Å²) in [6.45, 7) is -0.0617. The molecule has 1 fully saturated rings. The summed E-state index contributed by atoms with van der Waals surface area (Å²) in [4.78, 5) is 26.3. The summed E-state index contributed by atoms with van der Waals surface area (Å²) in [5, 5.41) is 2.28. The molecule has 0 aliphatic carbocycles. The highest BCUT2D eigenvalue weighted by Crippen LogP contribution is 2.34. The Bertz CT molecular complexity index is 1070. The van der Waals surface area contributed by atoms with E-state index in [1.54, 1.807) is 6.08 Å². The Morgan fingerprint density at radius 2 is 1.87 bits per heavy atom. The number of carbonyl (C=O) groups is 2. The van der Waals surface area contributed by atoms with Gasteiger partial charge in [-0.2, -0.15) is 13.2 Å². The van der Waals surface area contributed by atoms with Crippen molar-refractivity contribution in [3.8, 4) is 0 Å². The van der Waals surface area contributed by atoms with E-state index in [0.29, 0.717) is 10.5 Å². The van der Waals surface area contributed by atoms with Gasteiger partial charge >= 0.3 is 6.18 Å². The van der Waals surface area contributed by atoms with Gasteiger partial charge in [0.25, 0.3) is 5.91 Å². The second-order valence-electron chi connectivity index (χ2n) is 6.38. The van der Waals surface area contributed by atoms with Gasteiger partial charge in [0, 0.05) is 13.0 Å². The first-order valence-electron chi connectivity index (χ1n) is 8.72. The van der Waals surface area contributed by atoms with E-state index in [9.17, 15) is 27.2 Å². The third kappa shape index (κ3) is 5.84. The molecule has 0 radical (unpaired) electrons. The zero-order valence-corrected chi connectivity index (χ0v) is 17.9. The number of rotatable bonds is 5. The van der Waals surface area contributed by atoms with E-state index in [-0.39, 0.29) is 28.0 Å². The van der Waals surface area contributed by atoms with Gasteiger partial charge in [0.2, 0.25) is 5.91 Å². The Balaban J connectivity index is 1.63. The van der Waals surface area contributed by atoms with Crippen LogP contribution < -0.4 is 5.32 Å². The lowest BCUT2D eigenvalue weighted by molar-refractivity contribution is -0.137. The molecule has 0 aromatic heterocycles. The molecule has 4 nitrogen and oxygen atoms in total. The minimum atomic E-state index is -4.58. The zero-order valence-electron chi connectivity index (χ0n) is 15.5. The number of nitrogens with one attached hydrogen (secondary N) is 1. The molecule has 31 heavy (non-hydrogen) atoms. The molecular weight excluding hydrogens is 476 g/mol. The maximum atomic E-state index is 13.0. The van der Waals surface area contributed by atoms with Crippen LogP contribution in [0.15, 0.2) is 47.4 Å². The predicted molar refractivity (Wildman–Crippen MR) is 116 cm³/mol. The van der Waals surface area contributed by atoms with Gasteiger partial charge in [-0.15, -0.1) is 0 Å². The maximum Gasteiger partial charge on any atom is 0.416 e. The molecule has 1 aliphatic rings. The second-order valence-corrected chi connectivity index (χ2v) is 8.46. The number of thiocarbonyl (C=S) groups is 1. The van der Waals surface area contributed by atoms with Crippen molar-refractivity contribution in [2.24, 2.45) is 0 Å². The number of carbonyl (C=O) groups excluding carboxylic acids is 2. The number of thioether (sulfide) groups is 1. The van der Waals surface area contributed by atoms with Gasteiger partial charge in [-0.1, -0.05) is 47.7 Å². The fourth-order valence-corrected chi connectivity index (χ4v) is 4.10. The first kappa shape index (κ1) is 23.2. The number of anilines is 1. The van der Waals surface area contributed by atoms with Crippen molar-refractivity contribution < 1.29 is 27.2 Å². The molecule has 2 amide bonds. The van der Waals surface area contributed by atoms with Crippen LogP contribution in [0, 0.1) is 5.82 Å². The van der Waals surface area contributed by atoms with Crippen LogP contribution in [0.2, 0.25) is 5.02 Å². The third-order valence-electron chi connectivity index (χ3n) is 4.17.